The normalized spacial score (nSPS) is 13.6. The van der Waals surface area contributed by atoms with Crippen molar-refractivity contribution in [2.45, 2.75) is 31.9 Å². The van der Waals surface area contributed by atoms with E-state index < -0.39 is 6.10 Å². The third-order valence-electron chi connectivity index (χ3n) is 4.14. The van der Waals surface area contributed by atoms with Crippen molar-refractivity contribution in [3.05, 3.63) is 66.0 Å². The summed E-state index contributed by atoms with van der Waals surface area (Å²) in [7, 11) is 0. The van der Waals surface area contributed by atoms with Crippen molar-refractivity contribution < 1.29 is 9.90 Å². The minimum absolute atomic E-state index is 0.112. The highest BCUT2D eigenvalue weighted by atomic mass is 16.3. The van der Waals surface area contributed by atoms with E-state index in [9.17, 15) is 9.90 Å². The quantitative estimate of drug-likeness (QED) is 0.651. The van der Waals surface area contributed by atoms with E-state index in [2.05, 4.69) is 15.3 Å². The number of benzene rings is 1. The van der Waals surface area contributed by atoms with Crippen LogP contribution in [0, 0.1) is 0 Å². The molecule has 24 heavy (non-hydrogen) atoms. The average Bonchev–Trinajstić information content (AvgIpc) is 2.99. The molecule has 0 aliphatic carbocycles. The Morgan fingerprint density at radius 1 is 1.25 bits per heavy atom. The molecule has 0 saturated carbocycles. The second kappa shape index (κ2) is 7.27. The van der Waals surface area contributed by atoms with E-state index in [0.717, 1.165) is 22.2 Å². The van der Waals surface area contributed by atoms with E-state index in [4.69, 9.17) is 0 Å². The molecular weight excluding hydrogens is 302 g/mol. The van der Waals surface area contributed by atoms with Crippen molar-refractivity contribution in [3.63, 3.8) is 0 Å². The third kappa shape index (κ3) is 3.81. The highest BCUT2D eigenvalue weighted by Crippen LogP contribution is 2.16. The number of pyridine rings is 1. The van der Waals surface area contributed by atoms with Crippen LogP contribution in [-0.2, 0) is 17.6 Å². The number of nitrogens with one attached hydrogen (secondary N) is 2. The topological polar surface area (TPSA) is 78.0 Å². The Morgan fingerprint density at radius 3 is 2.83 bits per heavy atom. The summed E-state index contributed by atoms with van der Waals surface area (Å²) < 4.78 is 0. The number of fused-ring (bicyclic) bond motifs is 1. The first-order valence-corrected chi connectivity index (χ1v) is 8.06. The van der Waals surface area contributed by atoms with Crippen LogP contribution in [0.3, 0.4) is 0 Å². The maximum absolute atomic E-state index is 12.3. The van der Waals surface area contributed by atoms with Gasteiger partial charge in [0.1, 0.15) is 5.65 Å². The van der Waals surface area contributed by atoms with E-state index in [1.165, 1.54) is 0 Å². The van der Waals surface area contributed by atoms with Crippen LogP contribution in [0.2, 0.25) is 0 Å². The number of aliphatic hydroxyl groups is 1. The molecule has 0 spiro atoms. The summed E-state index contributed by atoms with van der Waals surface area (Å²) >= 11 is 0. The van der Waals surface area contributed by atoms with Gasteiger partial charge in [-0.3, -0.25) is 4.79 Å². The van der Waals surface area contributed by atoms with Crippen molar-refractivity contribution in [2.75, 3.05) is 0 Å². The highest BCUT2D eigenvalue weighted by Gasteiger charge is 2.18. The molecule has 0 aliphatic heterocycles. The molecule has 2 atom stereocenters. The Labute approximate surface area is 140 Å². The summed E-state index contributed by atoms with van der Waals surface area (Å²) in [6.45, 7) is 1.82. The van der Waals surface area contributed by atoms with E-state index >= 15 is 0 Å². The lowest BCUT2D eigenvalue weighted by Crippen LogP contribution is -2.42. The van der Waals surface area contributed by atoms with Gasteiger partial charge in [-0.1, -0.05) is 30.3 Å². The number of carbonyl (C=O) groups is 1. The van der Waals surface area contributed by atoms with Gasteiger partial charge in [0.2, 0.25) is 5.91 Å². The molecule has 1 amide bonds. The maximum atomic E-state index is 12.3. The van der Waals surface area contributed by atoms with Gasteiger partial charge in [-0.2, -0.15) is 0 Å². The second-order valence-electron chi connectivity index (χ2n) is 6.00. The second-order valence-corrected chi connectivity index (χ2v) is 6.00. The van der Waals surface area contributed by atoms with Crippen LogP contribution in [0.15, 0.2) is 54.9 Å². The predicted octanol–water partition coefficient (Wildman–Crippen LogP) is 2.21. The van der Waals surface area contributed by atoms with Gasteiger partial charge in [-0.25, -0.2) is 4.98 Å². The summed E-state index contributed by atoms with van der Waals surface area (Å²) in [6.07, 6.45) is 3.67. The van der Waals surface area contributed by atoms with Gasteiger partial charge >= 0.3 is 0 Å². The highest BCUT2D eigenvalue weighted by molar-refractivity contribution is 5.87. The number of amides is 1. The van der Waals surface area contributed by atoms with Crippen molar-refractivity contribution in [2.24, 2.45) is 0 Å². The van der Waals surface area contributed by atoms with Crippen LogP contribution in [0.25, 0.3) is 11.0 Å². The molecule has 3 aromatic rings. The van der Waals surface area contributed by atoms with Crippen molar-refractivity contribution >= 4 is 16.9 Å². The van der Waals surface area contributed by atoms with Crippen LogP contribution in [0.4, 0.5) is 0 Å². The predicted molar refractivity (Wildman–Crippen MR) is 93.6 cm³/mol. The van der Waals surface area contributed by atoms with E-state index in [1.54, 1.807) is 6.20 Å². The fraction of sp³-hybridized carbons (Fsp3) is 0.263. The molecule has 5 heteroatoms. The van der Waals surface area contributed by atoms with Gasteiger partial charge in [-0.15, -0.1) is 0 Å². The monoisotopic (exact) mass is 323 g/mol. The van der Waals surface area contributed by atoms with Gasteiger partial charge in [0.05, 0.1) is 18.6 Å². The zero-order valence-electron chi connectivity index (χ0n) is 13.6. The summed E-state index contributed by atoms with van der Waals surface area (Å²) in [6, 6.07) is 13.2. The van der Waals surface area contributed by atoms with E-state index in [0.29, 0.717) is 6.42 Å². The lowest BCUT2D eigenvalue weighted by molar-refractivity contribution is -0.121. The maximum Gasteiger partial charge on any atom is 0.224 e. The number of aromatic amines is 1. The fourth-order valence-electron chi connectivity index (χ4n) is 2.77. The Morgan fingerprint density at radius 2 is 2.04 bits per heavy atom. The fourth-order valence-corrected chi connectivity index (χ4v) is 2.77. The SMILES string of the molecule is CC(NC(=O)Cc1c[nH]c2ncccc12)C(O)Cc1ccccc1. The number of carbonyl (C=O) groups excluding carboxylic acids is 1. The van der Waals surface area contributed by atoms with Gasteiger partial charge in [0.15, 0.2) is 0 Å². The summed E-state index contributed by atoms with van der Waals surface area (Å²) in [5, 5.41) is 14.1. The van der Waals surface area contributed by atoms with E-state index in [-0.39, 0.29) is 18.4 Å². The largest absolute Gasteiger partial charge is 0.391 e. The number of aromatic nitrogens is 2. The third-order valence-corrected chi connectivity index (χ3v) is 4.14. The molecule has 3 N–H and O–H groups in total. The standard InChI is InChI=1S/C19H21N3O2/c1-13(17(23)10-14-6-3-2-4-7-14)22-18(24)11-15-12-21-19-16(15)8-5-9-20-19/h2-9,12-13,17,23H,10-11H2,1H3,(H,20,21)(H,22,24). The molecule has 0 radical (unpaired) electrons. The number of aliphatic hydroxyl groups excluding tert-OH is 1. The molecule has 1 aromatic carbocycles. The van der Waals surface area contributed by atoms with Crippen LogP contribution >= 0.6 is 0 Å². The molecule has 124 valence electrons. The Bertz CT molecular complexity index is 814. The molecular formula is C19H21N3O2. The van der Waals surface area contributed by atoms with Crippen molar-refractivity contribution in [3.8, 4) is 0 Å². The van der Waals surface area contributed by atoms with Crippen molar-refractivity contribution in [1.29, 1.82) is 0 Å². The molecule has 5 nitrogen and oxygen atoms in total. The molecule has 0 saturated heterocycles. The minimum atomic E-state index is -0.624. The van der Waals surface area contributed by atoms with Gasteiger partial charge in [0.25, 0.3) is 0 Å². The van der Waals surface area contributed by atoms with Gasteiger partial charge < -0.3 is 15.4 Å². The molecule has 3 rings (SSSR count). The smallest absolute Gasteiger partial charge is 0.224 e. The van der Waals surface area contributed by atoms with Crippen LogP contribution in [0.5, 0.6) is 0 Å². The molecule has 0 fully saturated rings. The van der Waals surface area contributed by atoms with Gasteiger partial charge in [0, 0.05) is 24.2 Å². The zero-order valence-corrected chi connectivity index (χ0v) is 13.6. The minimum Gasteiger partial charge on any atom is -0.391 e. The molecule has 0 bridgehead atoms. The first kappa shape index (κ1) is 16.2. The first-order chi connectivity index (χ1) is 11.6. The summed E-state index contributed by atoms with van der Waals surface area (Å²) in [5.74, 6) is -0.112. The zero-order chi connectivity index (χ0) is 16.9. The van der Waals surface area contributed by atoms with Crippen molar-refractivity contribution in [1.82, 2.24) is 15.3 Å². The van der Waals surface area contributed by atoms with Gasteiger partial charge in [-0.05, 0) is 30.2 Å². The first-order valence-electron chi connectivity index (χ1n) is 8.06. The summed E-state index contributed by atoms with van der Waals surface area (Å²) in [5.41, 5.74) is 2.73. The number of rotatable bonds is 6. The Hall–Kier alpha value is -2.66. The average molecular weight is 323 g/mol. The number of hydrogen-bond acceptors (Lipinski definition) is 3. The lowest BCUT2D eigenvalue weighted by Gasteiger charge is -2.20. The molecule has 0 aliphatic rings. The Kier molecular flexibility index (Phi) is 4.91. The molecule has 2 aromatic heterocycles. The lowest BCUT2D eigenvalue weighted by atomic mass is 10.0. The van der Waals surface area contributed by atoms with Crippen LogP contribution < -0.4 is 5.32 Å². The molecule has 2 heterocycles. The number of hydrogen-bond donors (Lipinski definition) is 3. The number of nitrogens with zero attached hydrogens (tertiary/aromatic N) is 1. The van der Waals surface area contributed by atoms with Crippen LogP contribution in [-0.4, -0.2) is 33.1 Å². The summed E-state index contributed by atoms with van der Waals surface area (Å²) in [4.78, 5) is 19.5. The van der Waals surface area contributed by atoms with Crippen LogP contribution in [0.1, 0.15) is 18.1 Å². The molecule has 2 unspecified atom stereocenters. The van der Waals surface area contributed by atoms with E-state index in [1.807, 2.05) is 55.6 Å². The Balaban J connectivity index is 1.58. The number of H-pyrrole nitrogens is 1.